The van der Waals surface area contributed by atoms with Crippen LogP contribution in [0, 0.1) is 0 Å². The Kier molecular flexibility index (Phi) is 6.01. The summed E-state index contributed by atoms with van der Waals surface area (Å²) < 4.78 is 31.5. The molecule has 2 fully saturated rings. The van der Waals surface area contributed by atoms with E-state index < -0.39 is 7.44 Å². The van der Waals surface area contributed by atoms with E-state index in [2.05, 4.69) is 15.9 Å². The molecule has 2 atom stereocenters. The molecule has 5 nitrogen and oxygen atoms in total. The molecule has 3 aromatic rings. The summed E-state index contributed by atoms with van der Waals surface area (Å²) in [4.78, 5) is 0. The molecule has 0 spiro atoms. The smallest absolute Gasteiger partial charge is 0.276 e. The van der Waals surface area contributed by atoms with E-state index >= 15 is 4.57 Å². The highest BCUT2D eigenvalue weighted by Crippen LogP contribution is 2.64. The summed E-state index contributed by atoms with van der Waals surface area (Å²) in [6, 6.07) is 24.1. The first-order valence-corrected chi connectivity index (χ1v) is 13.0. The first kappa shape index (κ1) is 21.8. The van der Waals surface area contributed by atoms with E-state index in [0.29, 0.717) is 23.4 Å². The number of benzene rings is 3. The minimum absolute atomic E-state index is 0.264. The van der Waals surface area contributed by atoms with Gasteiger partial charge in [0.2, 0.25) is 0 Å². The fraction of sp³-hybridized carbons (Fsp3) is 0.259. The Hall–Kier alpha value is -3.01. The third kappa shape index (κ3) is 3.86. The lowest BCUT2D eigenvalue weighted by molar-refractivity contribution is 0.306. The average molecular weight is 461 g/mol. The Labute approximate surface area is 195 Å². The SMILES string of the molecule is C=Cc1ccc(COc2cccc(OC)c2P2(=O)N(c3ccccc3)C[C@H]3CCCN32)cc1. The van der Waals surface area contributed by atoms with Crippen molar-refractivity contribution in [1.29, 1.82) is 0 Å². The molecule has 0 bridgehead atoms. The van der Waals surface area contributed by atoms with Gasteiger partial charge in [0, 0.05) is 24.8 Å². The largest absolute Gasteiger partial charge is 0.496 e. The number of ether oxygens (including phenoxy) is 2. The molecule has 1 unspecified atom stereocenters. The molecule has 6 heteroatoms. The highest BCUT2D eigenvalue weighted by Gasteiger charge is 2.54. The second-order valence-corrected chi connectivity index (χ2v) is 11.0. The maximum atomic E-state index is 15.1. The predicted octanol–water partition coefficient (Wildman–Crippen LogP) is 5.72. The third-order valence-corrected chi connectivity index (χ3v) is 9.84. The third-order valence-electron chi connectivity index (χ3n) is 6.54. The van der Waals surface area contributed by atoms with Gasteiger partial charge >= 0.3 is 0 Å². The topological polar surface area (TPSA) is 42.0 Å². The molecule has 2 heterocycles. The summed E-state index contributed by atoms with van der Waals surface area (Å²) >= 11 is 0. The summed E-state index contributed by atoms with van der Waals surface area (Å²) in [7, 11) is -1.55. The Morgan fingerprint density at radius 2 is 1.79 bits per heavy atom. The Morgan fingerprint density at radius 1 is 1.03 bits per heavy atom. The van der Waals surface area contributed by atoms with Gasteiger partial charge < -0.3 is 14.1 Å². The monoisotopic (exact) mass is 460 g/mol. The number of nitrogens with zero attached hydrogens (tertiary/aromatic N) is 2. The van der Waals surface area contributed by atoms with Crippen molar-refractivity contribution in [2.24, 2.45) is 0 Å². The van der Waals surface area contributed by atoms with Gasteiger partial charge in [-0.1, -0.05) is 61.2 Å². The predicted molar refractivity (Wildman–Crippen MR) is 135 cm³/mol. The lowest BCUT2D eigenvalue weighted by Gasteiger charge is -2.33. The molecule has 0 aromatic heterocycles. The number of rotatable bonds is 7. The maximum absolute atomic E-state index is 15.1. The molecule has 0 aliphatic carbocycles. The number of hydrogen-bond acceptors (Lipinski definition) is 3. The van der Waals surface area contributed by atoms with Gasteiger partial charge in [0.1, 0.15) is 23.4 Å². The van der Waals surface area contributed by atoms with Crippen molar-refractivity contribution in [2.45, 2.75) is 25.5 Å². The summed E-state index contributed by atoms with van der Waals surface area (Å²) in [5, 5.41) is 0.656. The fourth-order valence-electron chi connectivity index (χ4n) is 4.90. The summed E-state index contributed by atoms with van der Waals surface area (Å²) in [6.45, 7) is 5.74. The highest BCUT2D eigenvalue weighted by molar-refractivity contribution is 7.71. The molecule has 33 heavy (non-hydrogen) atoms. The van der Waals surface area contributed by atoms with Gasteiger partial charge in [-0.2, -0.15) is 0 Å². The van der Waals surface area contributed by atoms with Crippen LogP contribution in [-0.2, 0) is 11.2 Å². The second-order valence-electron chi connectivity index (χ2n) is 8.46. The number of anilines is 1. The number of methoxy groups -OCH3 is 1. The van der Waals surface area contributed by atoms with Crippen LogP contribution in [-0.4, -0.2) is 30.9 Å². The van der Waals surface area contributed by atoms with Crippen molar-refractivity contribution in [3.05, 3.63) is 90.5 Å². The normalized spacial score (nSPS) is 22.2. The van der Waals surface area contributed by atoms with Crippen LogP contribution in [0.25, 0.3) is 6.08 Å². The van der Waals surface area contributed by atoms with Crippen molar-refractivity contribution in [3.63, 3.8) is 0 Å². The van der Waals surface area contributed by atoms with Crippen LogP contribution in [0.4, 0.5) is 5.69 Å². The highest BCUT2D eigenvalue weighted by atomic mass is 31.2. The minimum atomic E-state index is -3.18. The molecular weight excluding hydrogens is 431 g/mol. The Balaban J connectivity index is 1.57. The molecule has 3 aromatic carbocycles. The second kappa shape index (κ2) is 9.09. The van der Waals surface area contributed by atoms with E-state index in [-0.39, 0.29) is 6.04 Å². The summed E-state index contributed by atoms with van der Waals surface area (Å²) in [5.41, 5.74) is 3.07. The lowest BCUT2D eigenvalue weighted by Crippen LogP contribution is -2.29. The van der Waals surface area contributed by atoms with Crippen LogP contribution < -0.4 is 19.4 Å². The number of fused-ring (bicyclic) bond motifs is 1. The van der Waals surface area contributed by atoms with E-state index in [1.165, 1.54) is 0 Å². The zero-order valence-corrected chi connectivity index (χ0v) is 19.8. The van der Waals surface area contributed by atoms with Crippen LogP contribution in [0.2, 0.25) is 0 Å². The lowest BCUT2D eigenvalue weighted by atomic mass is 10.1. The maximum Gasteiger partial charge on any atom is 0.276 e. The first-order chi connectivity index (χ1) is 16.1. The minimum Gasteiger partial charge on any atom is -0.496 e. The molecule has 0 N–H and O–H groups in total. The van der Waals surface area contributed by atoms with E-state index in [1.807, 2.05) is 78.9 Å². The van der Waals surface area contributed by atoms with Gasteiger partial charge in [-0.05, 0) is 48.2 Å². The van der Waals surface area contributed by atoms with Crippen molar-refractivity contribution in [2.75, 3.05) is 24.9 Å². The quantitative estimate of drug-likeness (QED) is 0.422. The van der Waals surface area contributed by atoms with E-state index in [4.69, 9.17) is 9.47 Å². The van der Waals surface area contributed by atoms with E-state index in [1.54, 1.807) is 7.11 Å². The van der Waals surface area contributed by atoms with Crippen LogP contribution in [0.5, 0.6) is 11.5 Å². The Morgan fingerprint density at radius 3 is 2.52 bits per heavy atom. The van der Waals surface area contributed by atoms with Crippen molar-refractivity contribution in [3.8, 4) is 11.5 Å². The number of hydrogen-bond donors (Lipinski definition) is 0. The van der Waals surface area contributed by atoms with Crippen molar-refractivity contribution in [1.82, 2.24) is 4.67 Å². The molecule has 2 aliphatic heterocycles. The van der Waals surface area contributed by atoms with Crippen LogP contribution in [0.3, 0.4) is 0 Å². The molecular formula is C27H29N2O3P. The Bertz CT molecular complexity index is 1180. The van der Waals surface area contributed by atoms with E-state index in [9.17, 15) is 0 Å². The first-order valence-electron chi connectivity index (χ1n) is 11.4. The fourth-order valence-corrected chi connectivity index (χ4v) is 8.46. The average Bonchev–Trinajstić information content (AvgIpc) is 3.45. The van der Waals surface area contributed by atoms with Crippen molar-refractivity contribution >= 4 is 24.5 Å². The molecule has 2 saturated heterocycles. The molecule has 0 amide bonds. The van der Waals surface area contributed by atoms with Crippen molar-refractivity contribution < 1.29 is 14.0 Å². The van der Waals surface area contributed by atoms with Crippen LogP contribution in [0.1, 0.15) is 24.0 Å². The molecule has 2 aliphatic rings. The molecule has 5 rings (SSSR count). The van der Waals surface area contributed by atoms with Crippen LogP contribution in [0.15, 0.2) is 79.4 Å². The van der Waals surface area contributed by atoms with Gasteiger partial charge in [0.15, 0.2) is 0 Å². The summed E-state index contributed by atoms with van der Waals surface area (Å²) in [6.07, 6.45) is 3.92. The summed E-state index contributed by atoms with van der Waals surface area (Å²) in [5.74, 6) is 1.21. The molecule has 170 valence electrons. The standard InChI is InChI=1S/C27H29N2O3P/c1-3-21-14-16-22(17-15-21)20-32-26-13-7-12-25(31-2)27(26)33(30)28-18-8-11-24(28)19-29(33)23-9-5-4-6-10-23/h3-7,9-10,12-17,24H,1,8,11,18-20H2,2H3/t24-,33?/m1/s1. The zero-order valence-electron chi connectivity index (χ0n) is 18.9. The molecule has 0 radical (unpaired) electrons. The zero-order chi connectivity index (χ0) is 22.8. The van der Waals surface area contributed by atoms with Crippen LogP contribution >= 0.6 is 7.44 Å². The van der Waals surface area contributed by atoms with Gasteiger partial charge in [0.25, 0.3) is 7.44 Å². The van der Waals surface area contributed by atoms with E-state index in [0.717, 1.165) is 42.7 Å². The number of para-hydroxylation sites is 1. The van der Waals surface area contributed by atoms with Gasteiger partial charge in [-0.25, -0.2) is 4.67 Å². The van der Waals surface area contributed by atoms with Gasteiger partial charge in [-0.15, -0.1) is 0 Å². The molecule has 0 saturated carbocycles. The van der Waals surface area contributed by atoms with Gasteiger partial charge in [0.05, 0.1) is 7.11 Å². The van der Waals surface area contributed by atoms with Gasteiger partial charge in [-0.3, -0.25) is 4.57 Å².